The first kappa shape index (κ1) is 13.0. The van der Waals surface area contributed by atoms with Crippen LogP contribution in [0.5, 0.6) is 0 Å². The average Bonchev–Trinajstić information content (AvgIpc) is 2.26. The zero-order valence-electron chi connectivity index (χ0n) is 9.93. The van der Waals surface area contributed by atoms with Gasteiger partial charge in [0, 0.05) is 42.0 Å². The Morgan fingerprint density at radius 3 is 2.72 bits per heavy atom. The molecule has 0 atom stereocenters. The molecule has 0 bridgehead atoms. The van der Waals surface area contributed by atoms with Crippen LogP contribution in [-0.2, 0) is 0 Å². The van der Waals surface area contributed by atoms with E-state index in [1.54, 1.807) is 17.9 Å². The Hall–Kier alpha value is -1.43. The molecule has 1 aliphatic heterocycles. The fourth-order valence-corrected chi connectivity index (χ4v) is 2.42. The van der Waals surface area contributed by atoms with Gasteiger partial charge < -0.3 is 4.90 Å². The molecule has 0 saturated carbocycles. The van der Waals surface area contributed by atoms with E-state index < -0.39 is 4.92 Å². The summed E-state index contributed by atoms with van der Waals surface area (Å²) in [6.07, 6.45) is 0. The van der Waals surface area contributed by atoms with Crippen LogP contribution in [0.1, 0.15) is 15.9 Å². The number of hydrogen-bond donors (Lipinski definition) is 0. The molecule has 0 spiro atoms. The second-order valence-electron chi connectivity index (χ2n) is 4.54. The number of likely N-dealkylation sites (tertiary alicyclic amines) is 1. The number of nitrogens with zero attached hydrogens (tertiary/aromatic N) is 2. The molecule has 1 heterocycles. The first-order valence-electron chi connectivity index (χ1n) is 5.62. The van der Waals surface area contributed by atoms with E-state index in [1.807, 2.05) is 0 Å². The molecule has 1 fully saturated rings. The molecule has 0 aliphatic carbocycles. The largest absolute Gasteiger partial charge is 0.338 e. The molecule has 0 radical (unpaired) electrons. The van der Waals surface area contributed by atoms with Crippen LogP contribution in [0.4, 0.5) is 5.69 Å². The second-order valence-corrected chi connectivity index (χ2v) is 5.19. The lowest BCUT2D eigenvalue weighted by atomic mass is 10.0. The van der Waals surface area contributed by atoms with Crippen LogP contribution in [-0.4, -0.2) is 34.2 Å². The van der Waals surface area contributed by atoms with Crippen LogP contribution in [0.3, 0.4) is 0 Å². The average molecular weight is 313 g/mol. The van der Waals surface area contributed by atoms with E-state index in [0.717, 1.165) is 10.9 Å². The molecular formula is C12H13BrN2O3. The summed E-state index contributed by atoms with van der Waals surface area (Å²) >= 11 is 3.37. The number of carbonyl (C=O) groups is 1. The summed E-state index contributed by atoms with van der Waals surface area (Å²) in [7, 11) is 0. The predicted octanol–water partition coefficient (Wildman–Crippen LogP) is 2.37. The molecule has 0 unspecified atom stereocenters. The van der Waals surface area contributed by atoms with E-state index in [4.69, 9.17) is 0 Å². The van der Waals surface area contributed by atoms with Gasteiger partial charge in [-0.1, -0.05) is 15.9 Å². The molecule has 5 nitrogen and oxygen atoms in total. The van der Waals surface area contributed by atoms with Crippen molar-refractivity contribution in [1.29, 1.82) is 0 Å². The van der Waals surface area contributed by atoms with Crippen LogP contribution in [0.2, 0.25) is 0 Å². The van der Waals surface area contributed by atoms with E-state index in [-0.39, 0.29) is 11.6 Å². The molecule has 96 valence electrons. The highest BCUT2D eigenvalue weighted by Crippen LogP contribution is 2.23. The summed E-state index contributed by atoms with van der Waals surface area (Å²) in [5.74, 6) is 0.368. The number of rotatable bonds is 3. The van der Waals surface area contributed by atoms with Gasteiger partial charge in [0.05, 0.1) is 4.92 Å². The fraction of sp³-hybridized carbons (Fsp3) is 0.417. The third-order valence-electron chi connectivity index (χ3n) is 2.98. The lowest BCUT2D eigenvalue weighted by molar-refractivity contribution is -0.384. The molecular weight excluding hydrogens is 300 g/mol. The Kier molecular flexibility index (Phi) is 3.65. The van der Waals surface area contributed by atoms with Gasteiger partial charge in [-0.2, -0.15) is 0 Å². The van der Waals surface area contributed by atoms with Gasteiger partial charge in [-0.15, -0.1) is 0 Å². The van der Waals surface area contributed by atoms with Crippen molar-refractivity contribution in [3.63, 3.8) is 0 Å². The van der Waals surface area contributed by atoms with Crippen LogP contribution >= 0.6 is 15.9 Å². The minimum absolute atomic E-state index is 0.0316. The van der Waals surface area contributed by atoms with E-state index in [2.05, 4.69) is 15.9 Å². The number of non-ortho nitro benzene ring substituents is 1. The first-order valence-corrected chi connectivity index (χ1v) is 6.74. The number of aryl methyl sites for hydroxylation is 1. The van der Waals surface area contributed by atoms with Crippen LogP contribution < -0.4 is 0 Å². The Morgan fingerprint density at radius 2 is 2.17 bits per heavy atom. The Bertz CT molecular complexity index is 498. The number of nitro benzene ring substituents is 1. The lowest BCUT2D eigenvalue weighted by Gasteiger charge is -2.38. The molecule has 0 aromatic heterocycles. The van der Waals surface area contributed by atoms with Crippen LogP contribution in [0.15, 0.2) is 18.2 Å². The predicted molar refractivity (Wildman–Crippen MR) is 71.0 cm³/mol. The molecule has 2 rings (SSSR count). The fourth-order valence-electron chi connectivity index (χ4n) is 2.01. The zero-order chi connectivity index (χ0) is 13.3. The molecule has 0 N–H and O–H groups in total. The van der Waals surface area contributed by atoms with E-state index in [1.165, 1.54) is 12.1 Å². The van der Waals surface area contributed by atoms with Crippen LogP contribution in [0.25, 0.3) is 0 Å². The summed E-state index contributed by atoms with van der Waals surface area (Å²) in [6, 6.07) is 4.50. The maximum Gasteiger partial charge on any atom is 0.270 e. The Morgan fingerprint density at radius 1 is 1.50 bits per heavy atom. The molecule has 1 amide bonds. The summed E-state index contributed by atoms with van der Waals surface area (Å²) in [6.45, 7) is 3.18. The third kappa shape index (κ3) is 2.53. The quantitative estimate of drug-likeness (QED) is 0.489. The molecule has 1 aromatic rings. The van der Waals surface area contributed by atoms with Gasteiger partial charge in [0.1, 0.15) is 0 Å². The highest BCUT2D eigenvalue weighted by molar-refractivity contribution is 9.09. The Labute approximate surface area is 113 Å². The number of alkyl halides is 1. The smallest absolute Gasteiger partial charge is 0.270 e. The standard InChI is InChI=1S/C12H13BrN2O3/c1-8-2-10(4-11(3-8)15(17)18)12(16)14-6-9(5-13)7-14/h2-4,9H,5-7H2,1H3. The topological polar surface area (TPSA) is 63.5 Å². The van der Waals surface area contributed by atoms with Gasteiger partial charge in [-0.25, -0.2) is 0 Å². The van der Waals surface area contributed by atoms with Crippen molar-refractivity contribution in [3.8, 4) is 0 Å². The van der Waals surface area contributed by atoms with E-state index >= 15 is 0 Å². The van der Waals surface area contributed by atoms with Crippen molar-refractivity contribution in [2.75, 3.05) is 18.4 Å². The summed E-state index contributed by atoms with van der Waals surface area (Å²) in [5.41, 5.74) is 1.09. The summed E-state index contributed by atoms with van der Waals surface area (Å²) < 4.78 is 0. The van der Waals surface area contributed by atoms with Crippen molar-refractivity contribution >= 4 is 27.5 Å². The van der Waals surface area contributed by atoms with Crippen molar-refractivity contribution in [2.45, 2.75) is 6.92 Å². The van der Waals surface area contributed by atoms with Gasteiger partial charge in [-0.05, 0) is 18.6 Å². The van der Waals surface area contributed by atoms with Crippen molar-refractivity contribution < 1.29 is 9.72 Å². The van der Waals surface area contributed by atoms with E-state index in [9.17, 15) is 14.9 Å². The summed E-state index contributed by atoms with van der Waals surface area (Å²) in [4.78, 5) is 24.1. The van der Waals surface area contributed by atoms with Crippen molar-refractivity contribution in [1.82, 2.24) is 4.90 Å². The lowest BCUT2D eigenvalue weighted by Crippen LogP contribution is -2.50. The van der Waals surface area contributed by atoms with Gasteiger partial charge in [0.15, 0.2) is 0 Å². The van der Waals surface area contributed by atoms with Crippen LogP contribution in [0, 0.1) is 23.0 Å². The minimum atomic E-state index is -0.471. The van der Waals surface area contributed by atoms with Gasteiger partial charge in [-0.3, -0.25) is 14.9 Å². The van der Waals surface area contributed by atoms with Gasteiger partial charge in [0.25, 0.3) is 11.6 Å². The number of carbonyl (C=O) groups excluding carboxylic acids is 1. The van der Waals surface area contributed by atoms with E-state index in [0.29, 0.717) is 24.6 Å². The molecule has 6 heteroatoms. The van der Waals surface area contributed by atoms with Gasteiger partial charge >= 0.3 is 0 Å². The van der Waals surface area contributed by atoms with Gasteiger partial charge in [0.2, 0.25) is 0 Å². The normalized spacial score (nSPS) is 15.3. The minimum Gasteiger partial charge on any atom is -0.338 e. The number of nitro groups is 1. The SMILES string of the molecule is Cc1cc(C(=O)N2CC(CBr)C2)cc([N+](=O)[O-])c1. The molecule has 18 heavy (non-hydrogen) atoms. The first-order chi connectivity index (χ1) is 8.51. The number of amides is 1. The number of halogens is 1. The second kappa shape index (κ2) is 5.06. The molecule has 1 saturated heterocycles. The van der Waals surface area contributed by atoms with Crippen molar-refractivity contribution in [3.05, 3.63) is 39.4 Å². The zero-order valence-corrected chi connectivity index (χ0v) is 11.5. The maximum atomic E-state index is 12.1. The highest BCUT2D eigenvalue weighted by atomic mass is 79.9. The third-order valence-corrected chi connectivity index (χ3v) is 3.90. The maximum absolute atomic E-state index is 12.1. The monoisotopic (exact) mass is 312 g/mol. The number of benzene rings is 1. The molecule has 1 aromatic carbocycles. The van der Waals surface area contributed by atoms with Crippen molar-refractivity contribution in [2.24, 2.45) is 5.92 Å². The summed E-state index contributed by atoms with van der Waals surface area (Å²) in [5, 5.41) is 11.6. The highest BCUT2D eigenvalue weighted by Gasteiger charge is 2.30. The number of hydrogen-bond acceptors (Lipinski definition) is 3. The molecule has 1 aliphatic rings. The Balaban J connectivity index is 2.18.